The standard InChI is InChI=1S/C13H14F2N2.C2H6/c1-9(2)17-7-6-12(16-17)10-4-3-5-11(8-10)13(14)15;1-2/h3-9,13H,1-2H3;1-2H3. The maximum atomic E-state index is 12.6. The molecule has 1 heterocycles. The summed E-state index contributed by atoms with van der Waals surface area (Å²) in [5, 5.41) is 4.35. The van der Waals surface area contributed by atoms with E-state index in [1.54, 1.807) is 12.1 Å². The minimum Gasteiger partial charge on any atom is -0.270 e. The van der Waals surface area contributed by atoms with Gasteiger partial charge < -0.3 is 0 Å². The third-order valence-corrected chi connectivity index (χ3v) is 2.57. The average Bonchev–Trinajstić information content (AvgIpc) is 2.91. The highest BCUT2D eigenvalue weighted by molar-refractivity contribution is 5.59. The molecule has 2 rings (SSSR count). The molecule has 104 valence electrons. The Morgan fingerprint density at radius 3 is 2.32 bits per heavy atom. The van der Waals surface area contributed by atoms with Crippen molar-refractivity contribution in [1.29, 1.82) is 0 Å². The summed E-state index contributed by atoms with van der Waals surface area (Å²) in [7, 11) is 0. The summed E-state index contributed by atoms with van der Waals surface area (Å²) >= 11 is 0. The van der Waals surface area contributed by atoms with E-state index in [0.29, 0.717) is 0 Å². The molecule has 0 aliphatic carbocycles. The van der Waals surface area contributed by atoms with Crippen LogP contribution in [0.2, 0.25) is 0 Å². The van der Waals surface area contributed by atoms with E-state index in [-0.39, 0.29) is 11.6 Å². The molecule has 0 saturated carbocycles. The van der Waals surface area contributed by atoms with Gasteiger partial charge in [0, 0.05) is 23.4 Å². The Morgan fingerprint density at radius 2 is 1.79 bits per heavy atom. The topological polar surface area (TPSA) is 17.8 Å². The summed E-state index contributed by atoms with van der Waals surface area (Å²) in [5.74, 6) is 0. The molecule has 0 amide bonds. The van der Waals surface area contributed by atoms with E-state index < -0.39 is 6.43 Å². The lowest BCUT2D eigenvalue weighted by Crippen LogP contribution is -2.00. The van der Waals surface area contributed by atoms with Gasteiger partial charge in [-0.2, -0.15) is 5.10 Å². The molecule has 1 aromatic heterocycles. The first-order valence-electron chi connectivity index (χ1n) is 6.51. The first kappa shape index (κ1) is 15.3. The van der Waals surface area contributed by atoms with E-state index in [1.165, 1.54) is 12.1 Å². The van der Waals surface area contributed by atoms with Gasteiger partial charge in [-0.25, -0.2) is 8.78 Å². The molecule has 0 aliphatic rings. The molecule has 4 heteroatoms. The lowest BCUT2D eigenvalue weighted by atomic mass is 10.1. The Morgan fingerprint density at radius 1 is 1.11 bits per heavy atom. The molecule has 0 saturated heterocycles. The average molecular weight is 266 g/mol. The number of alkyl halides is 2. The van der Waals surface area contributed by atoms with Crippen LogP contribution >= 0.6 is 0 Å². The van der Waals surface area contributed by atoms with Gasteiger partial charge in [0.15, 0.2) is 0 Å². The van der Waals surface area contributed by atoms with E-state index in [2.05, 4.69) is 5.10 Å². The summed E-state index contributed by atoms with van der Waals surface area (Å²) in [5.41, 5.74) is 1.48. The first-order chi connectivity index (χ1) is 9.08. The van der Waals surface area contributed by atoms with Crippen molar-refractivity contribution >= 4 is 0 Å². The summed E-state index contributed by atoms with van der Waals surface area (Å²) in [4.78, 5) is 0. The van der Waals surface area contributed by atoms with Gasteiger partial charge in [0.2, 0.25) is 0 Å². The van der Waals surface area contributed by atoms with Gasteiger partial charge in [0.1, 0.15) is 0 Å². The fourth-order valence-corrected chi connectivity index (χ4v) is 1.61. The summed E-state index contributed by atoms with van der Waals surface area (Å²) < 4.78 is 27.0. The Balaban J connectivity index is 0.000000861. The zero-order valence-electron chi connectivity index (χ0n) is 11.8. The van der Waals surface area contributed by atoms with Crippen LogP contribution < -0.4 is 0 Å². The Kier molecular flexibility index (Phi) is 5.67. The van der Waals surface area contributed by atoms with E-state index in [9.17, 15) is 8.78 Å². The predicted molar refractivity (Wildman–Crippen MR) is 74.4 cm³/mol. The molecule has 0 spiro atoms. The molecule has 0 fully saturated rings. The molecule has 2 nitrogen and oxygen atoms in total. The van der Waals surface area contributed by atoms with Crippen LogP contribution in [0.25, 0.3) is 11.3 Å². The Labute approximate surface area is 113 Å². The SMILES string of the molecule is CC.CC(C)n1ccc(-c2cccc(C(F)F)c2)n1. The van der Waals surface area contributed by atoms with Gasteiger partial charge in [0.05, 0.1) is 5.69 Å². The van der Waals surface area contributed by atoms with Crippen LogP contribution in [0.4, 0.5) is 8.78 Å². The fourth-order valence-electron chi connectivity index (χ4n) is 1.61. The third kappa shape index (κ3) is 3.88. The maximum Gasteiger partial charge on any atom is 0.263 e. The van der Waals surface area contributed by atoms with Crippen LogP contribution in [-0.4, -0.2) is 9.78 Å². The van der Waals surface area contributed by atoms with Crippen molar-refractivity contribution in [3.63, 3.8) is 0 Å². The molecule has 0 radical (unpaired) electrons. The number of aromatic nitrogens is 2. The van der Waals surface area contributed by atoms with Crippen LogP contribution in [0.1, 0.15) is 45.7 Å². The first-order valence-corrected chi connectivity index (χ1v) is 6.51. The van der Waals surface area contributed by atoms with Crippen molar-refractivity contribution < 1.29 is 8.78 Å². The van der Waals surface area contributed by atoms with Gasteiger partial charge in [-0.05, 0) is 26.0 Å². The van der Waals surface area contributed by atoms with Crippen molar-refractivity contribution in [1.82, 2.24) is 9.78 Å². The second-order valence-electron chi connectivity index (χ2n) is 4.20. The van der Waals surface area contributed by atoms with Crippen LogP contribution in [0.15, 0.2) is 36.5 Å². The van der Waals surface area contributed by atoms with Crippen LogP contribution in [0.3, 0.4) is 0 Å². The van der Waals surface area contributed by atoms with Gasteiger partial charge in [-0.1, -0.05) is 32.0 Å². The second-order valence-corrected chi connectivity index (χ2v) is 4.20. The van der Waals surface area contributed by atoms with E-state index >= 15 is 0 Å². The molecule has 19 heavy (non-hydrogen) atoms. The lowest BCUT2D eigenvalue weighted by molar-refractivity contribution is 0.151. The minimum absolute atomic E-state index is 0.0293. The smallest absolute Gasteiger partial charge is 0.263 e. The van der Waals surface area contributed by atoms with Gasteiger partial charge >= 0.3 is 0 Å². The van der Waals surface area contributed by atoms with E-state index in [1.807, 2.05) is 44.6 Å². The normalized spacial score (nSPS) is 10.5. The summed E-state index contributed by atoms with van der Waals surface area (Å²) in [6.45, 7) is 8.04. The minimum atomic E-state index is -2.44. The highest BCUT2D eigenvalue weighted by Gasteiger charge is 2.09. The Bertz CT molecular complexity index is 504. The molecule has 0 bridgehead atoms. The highest BCUT2D eigenvalue weighted by Crippen LogP contribution is 2.24. The number of hydrogen-bond donors (Lipinski definition) is 0. The van der Waals surface area contributed by atoms with Crippen molar-refractivity contribution in [2.45, 2.75) is 40.2 Å². The zero-order chi connectivity index (χ0) is 14.4. The van der Waals surface area contributed by atoms with Gasteiger partial charge in [0.25, 0.3) is 6.43 Å². The zero-order valence-corrected chi connectivity index (χ0v) is 11.8. The van der Waals surface area contributed by atoms with Crippen LogP contribution in [-0.2, 0) is 0 Å². The molecule has 0 atom stereocenters. The number of hydrogen-bond acceptors (Lipinski definition) is 1. The molecule has 2 aromatic rings. The number of halogens is 2. The van der Waals surface area contributed by atoms with Crippen molar-refractivity contribution in [2.75, 3.05) is 0 Å². The quantitative estimate of drug-likeness (QED) is 0.756. The molecular formula is C15H20F2N2. The largest absolute Gasteiger partial charge is 0.270 e. The summed E-state index contributed by atoms with van der Waals surface area (Å²) in [6.07, 6.45) is -0.586. The number of nitrogens with zero attached hydrogens (tertiary/aromatic N) is 2. The summed E-state index contributed by atoms with van der Waals surface area (Å²) in [6, 6.07) is 8.43. The van der Waals surface area contributed by atoms with E-state index in [0.717, 1.165) is 11.3 Å². The lowest BCUT2D eigenvalue weighted by Gasteiger charge is -2.04. The maximum absolute atomic E-state index is 12.6. The molecular weight excluding hydrogens is 246 g/mol. The predicted octanol–water partition coefficient (Wildman–Crippen LogP) is 5.09. The second kappa shape index (κ2) is 7.02. The Hall–Kier alpha value is -1.71. The molecule has 0 N–H and O–H groups in total. The molecule has 1 aromatic carbocycles. The molecule has 0 aliphatic heterocycles. The molecule has 0 unspecified atom stereocenters. The fraction of sp³-hybridized carbons (Fsp3) is 0.400. The van der Waals surface area contributed by atoms with Crippen LogP contribution in [0.5, 0.6) is 0 Å². The highest BCUT2D eigenvalue weighted by atomic mass is 19.3. The number of rotatable bonds is 3. The van der Waals surface area contributed by atoms with Gasteiger partial charge in [-0.15, -0.1) is 0 Å². The monoisotopic (exact) mass is 266 g/mol. The third-order valence-electron chi connectivity index (χ3n) is 2.57. The van der Waals surface area contributed by atoms with Crippen molar-refractivity contribution in [2.24, 2.45) is 0 Å². The van der Waals surface area contributed by atoms with Crippen LogP contribution in [0, 0.1) is 0 Å². The number of benzene rings is 1. The van der Waals surface area contributed by atoms with Crippen molar-refractivity contribution in [3.05, 3.63) is 42.1 Å². The van der Waals surface area contributed by atoms with E-state index in [4.69, 9.17) is 0 Å². The van der Waals surface area contributed by atoms with Gasteiger partial charge in [-0.3, -0.25) is 4.68 Å². The van der Waals surface area contributed by atoms with Crippen molar-refractivity contribution in [3.8, 4) is 11.3 Å².